The third kappa shape index (κ3) is 3.22. The van der Waals surface area contributed by atoms with E-state index in [1.54, 1.807) is 6.07 Å². The van der Waals surface area contributed by atoms with E-state index < -0.39 is 0 Å². The van der Waals surface area contributed by atoms with Gasteiger partial charge in [-0.3, -0.25) is 9.59 Å². The van der Waals surface area contributed by atoms with Crippen molar-refractivity contribution in [3.63, 3.8) is 0 Å². The number of rotatable bonds is 5. The molecule has 0 aliphatic heterocycles. The Morgan fingerprint density at radius 3 is 2.89 bits per heavy atom. The van der Waals surface area contributed by atoms with Gasteiger partial charge in [0.15, 0.2) is 0 Å². The van der Waals surface area contributed by atoms with Crippen LogP contribution in [0, 0.1) is 5.92 Å². The van der Waals surface area contributed by atoms with Crippen molar-refractivity contribution in [2.24, 2.45) is 5.92 Å². The van der Waals surface area contributed by atoms with Crippen molar-refractivity contribution in [3.05, 3.63) is 32.2 Å². The third-order valence-electron chi connectivity index (χ3n) is 3.06. The summed E-state index contributed by atoms with van der Waals surface area (Å²) < 4.78 is 0.792. The molecule has 5 heteroatoms. The smallest absolute Gasteiger partial charge is 0.261 e. The molecule has 1 aromatic heterocycles. The normalized spacial score (nSPS) is 14.6. The van der Waals surface area contributed by atoms with Gasteiger partial charge < -0.3 is 10.3 Å². The van der Waals surface area contributed by atoms with Crippen LogP contribution < -0.4 is 10.9 Å². The number of H-pyrrole nitrogens is 1. The number of carbonyl (C=O) groups is 1. The van der Waals surface area contributed by atoms with Crippen LogP contribution in [0.4, 0.5) is 0 Å². The Hall–Kier alpha value is -1.10. The minimum atomic E-state index is -0.310. The van der Waals surface area contributed by atoms with Crippen molar-refractivity contribution in [3.8, 4) is 0 Å². The van der Waals surface area contributed by atoms with E-state index in [0.717, 1.165) is 23.0 Å². The van der Waals surface area contributed by atoms with Gasteiger partial charge in [-0.05, 0) is 47.2 Å². The molecule has 0 unspecified atom stereocenters. The number of aromatic nitrogens is 1. The van der Waals surface area contributed by atoms with E-state index in [4.69, 9.17) is 0 Å². The first kappa shape index (κ1) is 13.3. The first-order chi connectivity index (χ1) is 8.61. The number of aromatic amines is 1. The largest absolute Gasteiger partial charge is 0.352 e. The van der Waals surface area contributed by atoms with Crippen molar-refractivity contribution in [2.45, 2.75) is 32.6 Å². The van der Waals surface area contributed by atoms with Crippen LogP contribution in [0.2, 0.25) is 0 Å². The van der Waals surface area contributed by atoms with Crippen molar-refractivity contribution < 1.29 is 4.79 Å². The van der Waals surface area contributed by atoms with Gasteiger partial charge >= 0.3 is 0 Å². The second kappa shape index (κ2) is 5.69. The lowest BCUT2D eigenvalue weighted by atomic mass is 10.2. The fraction of sp³-hybridized carbons (Fsp3) is 0.538. The third-order valence-corrected chi connectivity index (χ3v) is 3.77. The summed E-state index contributed by atoms with van der Waals surface area (Å²) in [7, 11) is 0. The minimum Gasteiger partial charge on any atom is -0.352 e. The number of nitrogens with one attached hydrogen (secondary N) is 2. The van der Waals surface area contributed by atoms with Crippen LogP contribution >= 0.6 is 15.9 Å². The van der Waals surface area contributed by atoms with Crippen molar-refractivity contribution >= 4 is 21.8 Å². The number of aryl methyl sites for hydroxylation is 1. The topological polar surface area (TPSA) is 62.0 Å². The van der Waals surface area contributed by atoms with Crippen LogP contribution in [0.5, 0.6) is 0 Å². The van der Waals surface area contributed by atoms with E-state index in [2.05, 4.69) is 26.2 Å². The highest BCUT2D eigenvalue weighted by Crippen LogP contribution is 2.27. The Kier molecular flexibility index (Phi) is 4.22. The van der Waals surface area contributed by atoms with Crippen LogP contribution in [0.1, 0.15) is 42.2 Å². The van der Waals surface area contributed by atoms with E-state index >= 15 is 0 Å². The molecule has 0 aromatic carbocycles. The number of hydrogen-bond donors (Lipinski definition) is 2. The van der Waals surface area contributed by atoms with Crippen LogP contribution in [0.25, 0.3) is 0 Å². The maximum Gasteiger partial charge on any atom is 0.261 e. The lowest BCUT2D eigenvalue weighted by Gasteiger charge is -2.07. The van der Waals surface area contributed by atoms with Crippen LogP contribution in [0.15, 0.2) is 15.3 Å². The molecule has 4 nitrogen and oxygen atoms in total. The Morgan fingerprint density at radius 2 is 2.28 bits per heavy atom. The summed E-state index contributed by atoms with van der Waals surface area (Å²) in [5.41, 5.74) is 0.721. The molecule has 0 spiro atoms. The Morgan fingerprint density at radius 1 is 1.56 bits per heavy atom. The van der Waals surface area contributed by atoms with Crippen LogP contribution in [0.3, 0.4) is 0 Å². The monoisotopic (exact) mass is 312 g/mol. The van der Waals surface area contributed by atoms with Crippen molar-refractivity contribution in [1.82, 2.24) is 10.3 Å². The van der Waals surface area contributed by atoms with E-state index in [9.17, 15) is 9.59 Å². The second-order valence-electron chi connectivity index (χ2n) is 4.74. The highest BCUT2D eigenvalue weighted by Gasteiger charge is 2.22. The Bertz CT molecular complexity index is 506. The van der Waals surface area contributed by atoms with E-state index in [0.29, 0.717) is 12.5 Å². The summed E-state index contributed by atoms with van der Waals surface area (Å²) in [6, 6.07) is 1.62. The zero-order chi connectivity index (χ0) is 13.1. The summed E-state index contributed by atoms with van der Waals surface area (Å²) in [4.78, 5) is 26.5. The van der Waals surface area contributed by atoms with Crippen LogP contribution in [-0.4, -0.2) is 17.4 Å². The van der Waals surface area contributed by atoms with Gasteiger partial charge in [0.25, 0.3) is 11.5 Å². The predicted molar refractivity (Wildman–Crippen MR) is 73.8 cm³/mol. The SMILES string of the molecule is CCCc1[nH]c(=O)c(C(=O)NCC2CC2)cc1Br. The molecular formula is C13H17BrN2O2. The first-order valence-corrected chi connectivity index (χ1v) is 7.11. The van der Waals surface area contributed by atoms with Gasteiger partial charge in [0.1, 0.15) is 5.56 Å². The van der Waals surface area contributed by atoms with E-state index in [1.807, 2.05) is 6.92 Å². The Labute approximate surface area is 114 Å². The summed E-state index contributed by atoms with van der Waals surface area (Å²) in [5.74, 6) is 0.322. The zero-order valence-electron chi connectivity index (χ0n) is 10.4. The standard InChI is InChI=1S/C13H17BrN2O2/c1-2-3-11-10(14)6-9(13(18)16-11)12(17)15-7-8-4-5-8/h6,8H,2-5,7H2,1H3,(H,15,17)(H,16,18). The summed E-state index contributed by atoms with van der Waals surface area (Å²) in [5, 5.41) is 2.80. The van der Waals surface area contributed by atoms with E-state index in [-0.39, 0.29) is 17.0 Å². The van der Waals surface area contributed by atoms with Gasteiger partial charge in [0.2, 0.25) is 0 Å². The molecule has 0 bridgehead atoms. The van der Waals surface area contributed by atoms with Gasteiger partial charge in [0.05, 0.1) is 0 Å². The summed E-state index contributed by atoms with van der Waals surface area (Å²) in [6.45, 7) is 2.72. The predicted octanol–water partition coefficient (Wildman–Crippen LogP) is 2.23. The molecule has 1 aromatic rings. The average Bonchev–Trinajstić information content (AvgIpc) is 3.14. The molecule has 1 aliphatic rings. The fourth-order valence-electron chi connectivity index (χ4n) is 1.80. The molecule has 2 N–H and O–H groups in total. The minimum absolute atomic E-state index is 0.183. The molecule has 0 saturated heterocycles. The molecule has 1 amide bonds. The van der Waals surface area contributed by atoms with Gasteiger partial charge in [-0.2, -0.15) is 0 Å². The quantitative estimate of drug-likeness (QED) is 0.875. The molecule has 0 radical (unpaired) electrons. The molecule has 2 rings (SSSR count). The van der Waals surface area contributed by atoms with Gasteiger partial charge in [-0.25, -0.2) is 0 Å². The number of halogens is 1. The molecular weight excluding hydrogens is 296 g/mol. The van der Waals surface area contributed by atoms with Gasteiger partial charge in [-0.1, -0.05) is 13.3 Å². The van der Waals surface area contributed by atoms with Crippen molar-refractivity contribution in [2.75, 3.05) is 6.54 Å². The van der Waals surface area contributed by atoms with Crippen molar-refractivity contribution in [1.29, 1.82) is 0 Å². The van der Waals surface area contributed by atoms with Gasteiger partial charge in [0, 0.05) is 16.7 Å². The second-order valence-corrected chi connectivity index (χ2v) is 5.60. The number of hydrogen-bond acceptors (Lipinski definition) is 2. The molecule has 1 saturated carbocycles. The fourth-order valence-corrected chi connectivity index (χ4v) is 2.32. The molecule has 1 aliphatic carbocycles. The lowest BCUT2D eigenvalue weighted by molar-refractivity contribution is 0.0950. The summed E-state index contributed by atoms with van der Waals surface area (Å²) in [6.07, 6.45) is 4.09. The summed E-state index contributed by atoms with van der Waals surface area (Å²) >= 11 is 3.39. The highest BCUT2D eigenvalue weighted by molar-refractivity contribution is 9.10. The lowest BCUT2D eigenvalue weighted by Crippen LogP contribution is -2.31. The molecule has 18 heavy (non-hydrogen) atoms. The van der Waals surface area contributed by atoms with Gasteiger partial charge in [-0.15, -0.1) is 0 Å². The molecule has 0 atom stereocenters. The maximum absolute atomic E-state index is 11.9. The maximum atomic E-state index is 11.9. The Balaban J connectivity index is 2.13. The molecule has 1 fully saturated rings. The number of carbonyl (C=O) groups excluding carboxylic acids is 1. The first-order valence-electron chi connectivity index (χ1n) is 6.31. The number of pyridine rings is 1. The average molecular weight is 313 g/mol. The highest BCUT2D eigenvalue weighted by atomic mass is 79.9. The van der Waals surface area contributed by atoms with Crippen LogP contribution in [-0.2, 0) is 6.42 Å². The van der Waals surface area contributed by atoms with E-state index in [1.165, 1.54) is 12.8 Å². The molecule has 98 valence electrons. The number of amides is 1. The zero-order valence-corrected chi connectivity index (χ0v) is 12.0. The molecule has 1 heterocycles.